The molecule has 1 fully saturated rings. The molecule has 0 bridgehead atoms. The number of rotatable bonds is 5. The van der Waals surface area contributed by atoms with Gasteiger partial charge in [-0.2, -0.15) is 0 Å². The van der Waals surface area contributed by atoms with E-state index in [9.17, 15) is 4.79 Å². The van der Waals surface area contributed by atoms with Crippen LogP contribution in [0.25, 0.3) is 0 Å². The number of amides is 2. The zero-order valence-corrected chi connectivity index (χ0v) is 13.8. The number of benzene rings is 1. The number of likely N-dealkylation sites (tertiary alicyclic amines) is 1. The van der Waals surface area contributed by atoms with Gasteiger partial charge < -0.3 is 19.9 Å². The average molecular weight is 305 g/mol. The Labute approximate surface area is 133 Å². The van der Waals surface area contributed by atoms with Crippen LogP contribution in [-0.4, -0.2) is 62.7 Å². The number of piperidine rings is 1. The lowest BCUT2D eigenvalue weighted by molar-refractivity contribution is 0.140. The zero-order chi connectivity index (χ0) is 15.9. The quantitative estimate of drug-likeness (QED) is 0.904. The molecular weight excluding hydrogens is 278 g/mol. The van der Waals surface area contributed by atoms with Crippen LogP contribution in [-0.2, 0) is 6.42 Å². The number of nitrogens with one attached hydrogen (secondary N) is 1. The lowest BCUT2D eigenvalue weighted by Crippen LogP contribution is -2.50. The Balaban J connectivity index is 1.80. The van der Waals surface area contributed by atoms with Crippen LogP contribution in [0.3, 0.4) is 0 Å². The number of nitrogens with zero attached hydrogens (tertiary/aromatic N) is 2. The number of para-hydroxylation sites is 1. The summed E-state index contributed by atoms with van der Waals surface area (Å²) in [5.74, 6) is 0.877. The molecule has 1 N–H and O–H groups in total. The number of carbonyl (C=O) groups is 1. The predicted molar refractivity (Wildman–Crippen MR) is 88.4 cm³/mol. The molecule has 5 nitrogen and oxygen atoms in total. The van der Waals surface area contributed by atoms with E-state index in [1.54, 1.807) is 7.11 Å². The molecule has 1 heterocycles. The van der Waals surface area contributed by atoms with E-state index in [4.69, 9.17) is 4.74 Å². The third-order valence-electron chi connectivity index (χ3n) is 4.28. The van der Waals surface area contributed by atoms with Gasteiger partial charge in [0.25, 0.3) is 0 Å². The second-order valence-corrected chi connectivity index (χ2v) is 6.00. The number of hydrogen-bond donors (Lipinski definition) is 1. The Bertz CT molecular complexity index is 491. The van der Waals surface area contributed by atoms with Crippen molar-refractivity contribution in [3.8, 4) is 5.75 Å². The van der Waals surface area contributed by atoms with Crippen molar-refractivity contribution in [3.63, 3.8) is 0 Å². The first kappa shape index (κ1) is 16.6. The van der Waals surface area contributed by atoms with Crippen LogP contribution in [0.5, 0.6) is 5.75 Å². The summed E-state index contributed by atoms with van der Waals surface area (Å²) in [6.45, 7) is 2.29. The number of likely N-dealkylation sites (N-methyl/N-ethyl adjacent to an activating group) is 1. The van der Waals surface area contributed by atoms with E-state index >= 15 is 0 Å². The molecule has 0 aromatic heterocycles. The molecule has 0 saturated carbocycles. The zero-order valence-electron chi connectivity index (χ0n) is 13.8. The lowest BCUT2D eigenvalue weighted by atomic mass is 10.1. The highest BCUT2D eigenvalue weighted by Gasteiger charge is 2.24. The van der Waals surface area contributed by atoms with Crippen LogP contribution in [0.15, 0.2) is 24.3 Å². The smallest absolute Gasteiger partial charge is 0.317 e. The Hall–Kier alpha value is -1.75. The van der Waals surface area contributed by atoms with Gasteiger partial charge >= 0.3 is 6.03 Å². The molecule has 1 aromatic carbocycles. The van der Waals surface area contributed by atoms with E-state index in [-0.39, 0.29) is 6.03 Å². The highest BCUT2D eigenvalue weighted by Crippen LogP contribution is 2.17. The summed E-state index contributed by atoms with van der Waals surface area (Å²) in [4.78, 5) is 16.4. The van der Waals surface area contributed by atoms with Gasteiger partial charge in [-0.25, -0.2) is 4.79 Å². The summed E-state index contributed by atoms with van der Waals surface area (Å²) in [5, 5.41) is 3.02. The van der Waals surface area contributed by atoms with Crippen molar-refractivity contribution in [2.24, 2.45) is 0 Å². The van der Waals surface area contributed by atoms with Crippen molar-refractivity contribution in [2.45, 2.75) is 25.3 Å². The first-order valence-corrected chi connectivity index (χ1v) is 7.93. The van der Waals surface area contributed by atoms with E-state index in [0.29, 0.717) is 12.6 Å². The minimum absolute atomic E-state index is 0.0430. The van der Waals surface area contributed by atoms with Crippen LogP contribution in [0.2, 0.25) is 0 Å². The van der Waals surface area contributed by atoms with Gasteiger partial charge in [-0.15, -0.1) is 0 Å². The van der Waals surface area contributed by atoms with Crippen molar-refractivity contribution >= 4 is 6.03 Å². The number of hydrogen-bond acceptors (Lipinski definition) is 3. The highest BCUT2D eigenvalue weighted by atomic mass is 16.5. The molecule has 1 atom stereocenters. The summed E-state index contributed by atoms with van der Waals surface area (Å²) in [7, 11) is 5.83. The molecule has 2 rings (SSSR count). The van der Waals surface area contributed by atoms with Crippen LogP contribution in [0, 0.1) is 0 Å². The van der Waals surface area contributed by atoms with Crippen LogP contribution in [0.4, 0.5) is 4.79 Å². The largest absolute Gasteiger partial charge is 0.496 e. The molecule has 1 aliphatic heterocycles. The summed E-state index contributed by atoms with van der Waals surface area (Å²) < 4.78 is 5.33. The fourth-order valence-electron chi connectivity index (χ4n) is 2.89. The molecule has 1 aliphatic rings. The van der Waals surface area contributed by atoms with E-state index in [1.807, 2.05) is 29.2 Å². The summed E-state index contributed by atoms with van der Waals surface area (Å²) in [6.07, 6.45) is 3.02. The second-order valence-electron chi connectivity index (χ2n) is 6.00. The average Bonchev–Trinajstić information content (AvgIpc) is 2.55. The third-order valence-corrected chi connectivity index (χ3v) is 4.28. The van der Waals surface area contributed by atoms with Crippen LogP contribution in [0.1, 0.15) is 18.4 Å². The second kappa shape index (κ2) is 8.03. The SMILES string of the molecule is COc1ccccc1CCNC(=O)N1CCC[C@H](N(C)C)C1. The summed E-state index contributed by atoms with van der Waals surface area (Å²) in [5.41, 5.74) is 1.12. The normalized spacial score (nSPS) is 18.4. The topological polar surface area (TPSA) is 44.8 Å². The van der Waals surface area contributed by atoms with E-state index in [0.717, 1.165) is 43.7 Å². The molecule has 122 valence electrons. The Morgan fingerprint density at radius 1 is 1.41 bits per heavy atom. The maximum atomic E-state index is 12.3. The Kier molecular flexibility index (Phi) is 6.07. The third kappa shape index (κ3) is 4.37. The van der Waals surface area contributed by atoms with E-state index < -0.39 is 0 Å². The van der Waals surface area contributed by atoms with Crippen molar-refractivity contribution in [1.82, 2.24) is 15.1 Å². The van der Waals surface area contributed by atoms with Gasteiger partial charge in [-0.05, 0) is 45.0 Å². The van der Waals surface area contributed by atoms with Crippen LogP contribution >= 0.6 is 0 Å². The number of carbonyl (C=O) groups excluding carboxylic acids is 1. The minimum atomic E-state index is 0.0430. The Morgan fingerprint density at radius 2 is 2.18 bits per heavy atom. The summed E-state index contributed by atoms with van der Waals surface area (Å²) >= 11 is 0. The van der Waals surface area contributed by atoms with Crippen molar-refractivity contribution in [1.29, 1.82) is 0 Å². The molecular formula is C17H27N3O2. The molecule has 0 unspecified atom stereocenters. The maximum absolute atomic E-state index is 12.3. The molecule has 1 aromatic rings. The van der Waals surface area contributed by atoms with Gasteiger partial charge in [0.2, 0.25) is 0 Å². The minimum Gasteiger partial charge on any atom is -0.496 e. The van der Waals surface area contributed by atoms with Gasteiger partial charge in [0.05, 0.1) is 7.11 Å². The van der Waals surface area contributed by atoms with Gasteiger partial charge in [0, 0.05) is 25.7 Å². The van der Waals surface area contributed by atoms with Gasteiger partial charge in [0.15, 0.2) is 0 Å². The standard InChI is InChI=1S/C17H27N3O2/c1-19(2)15-8-6-12-20(13-15)17(21)18-11-10-14-7-4-5-9-16(14)22-3/h4-5,7,9,15H,6,8,10-13H2,1-3H3,(H,18,21)/t15-/m0/s1. The molecule has 0 spiro atoms. The molecule has 0 radical (unpaired) electrons. The first-order chi connectivity index (χ1) is 10.6. The highest BCUT2D eigenvalue weighted by molar-refractivity contribution is 5.74. The van der Waals surface area contributed by atoms with Crippen molar-refractivity contribution < 1.29 is 9.53 Å². The van der Waals surface area contributed by atoms with Gasteiger partial charge in [-0.1, -0.05) is 18.2 Å². The predicted octanol–water partition coefficient (Wildman–Crippen LogP) is 1.97. The van der Waals surface area contributed by atoms with Crippen molar-refractivity contribution in [2.75, 3.05) is 40.8 Å². The lowest BCUT2D eigenvalue weighted by Gasteiger charge is -2.36. The van der Waals surface area contributed by atoms with Gasteiger partial charge in [-0.3, -0.25) is 0 Å². The maximum Gasteiger partial charge on any atom is 0.317 e. The summed E-state index contributed by atoms with van der Waals surface area (Å²) in [6, 6.07) is 8.44. The van der Waals surface area contributed by atoms with Crippen LogP contribution < -0.4 is 10.1 Å². The Morgan fingerprint density at radius 3 is 2.91 bits per heavy atom. The molecule has 1 saturated heterocycles. The molecule has 0 aliphatic carbocycles. The first-order valence-electron chi connectivity index (χ1n) is 7.93. The monoisotopic (exact) mass is 305 g/mol. The van der Waals surface area contributed by atoms with E-state index in [1.165, 1.54) is 0 Å². The van der Waals surface area contributed by atoms with Crippen molar-refractivity contribution in [3.05, 3.63) is 29.8 Å². The van der Waals surface area contributed by atoms with E-state index in [2.05, 4.69) is 24.3 Å². The number of urea groups is 1. The number of methoxy groups -OCH3 is 1. The molecule has 22 heavy (non-hydrogen) atoms. The molecule has 2 amide bonds. The number of ether oxygens (including phenoxy) is 1. The fraction of sp³-hybridized carbons (Fsp3) is 0.588. The molecule has 5 heteroatoms. The van der Waals surface area contributed by atoms with Gasteiger partial charge in [0.1, 0.15) is 5.75 Å². The fourth-order valence-corrected chi connectivity index (χ4v) is 2.89.